The van der Waals surface area contributed by atoms with Gasteiger partial charge in [0, 0.05) is 5.56 Å². The highest BCUT2D eigenvalue weighted by Gasteiger charge is 2.22. The summed E-state index contributed by atoms with van der Waals surface area (Å²) >= 11 is 6.05. The van der Waals surface area contributed by atoms with Crippen molar-refractivity contribution in [1.29, 1.82) is 0 Å². The zero-order valence-corrected chi connectivity index (χ0v) is 12.1. The third-order valence-electron chi connectivity index (χ3n) is 3.47. The Morgan fingerprint density at radius 2 is 1.95 bits per heavy atom. The van der Waals surface area contributed by atoms with Gasteiger partial charge in [-0.15, -0.1) is 0 Å². The summed E-state index contributed by atoms with van der Waals surface area (Å²) in [4.78, 5) is 21.0. The number of nitrogens with zero attached hydrogens (tertiary/aromatic N) is 4. The minimum atomic E-state index is -0.315. The van der Waals surface area contributed by atoms with E-state index in [0.717, 1.165) is 5.56 Å². The summed E-state index contributed by atoms with van der Waals surface area (Å²) in [6.07, 6.45) is 0. The SMILES string of the molecule is O=c1[nH]nc2n1-c1ccc(Cl)nc1C(c1ccccc1)=NC2. The molecule has 1 aliphatic rings. The molecule has 108 valence electrons. The Morgan fingerprint density at radius 3 is 2.77 bits per heavy atom. The number of aromatic nitrogens is 4. The fourth-order valence-electron chi connectivity index (χ4n) is 2.52. The van der Waals surface area contributed by atoms with Crippen LogP contribution in [0, 0.1) is 0 Å². The van der Waals surface area contributed by atoms with E-state index in [9.17, 15) is 4.79 Å². The van der Waals surface area contributed by atoms with Crippen molar-refractivity contribution < 1.29 is 0 Å². The molecule has 0 unspecified atom stereocenters. The number of benzene rings is 1. The van der Waals surface area contributed by atoms with Crippen LogP contribution in [0.15, 0.2) is 52.3 Å². The number of halogens is 1. The van der Waals surface area contributed by atoms with E-state index in [1.54, 1.807) is 12.1 Å². The van der Waals surface area contributed by atoms with Crippen molar-refractivity contribution >= 4 is 17.3 Å². The fourth-order valence-corrected chi connectivity index (χ4v) is 2.66. The van der Waals surface area contributed by atoms with Crippen LogP contribution < -0.4 is 5.69 Å². The van der Waals surface area contributed by atoms with Crippen LogP contribution in [0.25, 0.3) is 5.69 Å². The summed E-state index contributed by atoms with van der Waals surface area (Å²) in [6, 6.07) is 13.1. The lowest BCUT2D eigenvalue weighted by molar-refractivity contribution is 0.861. The van der Waals surface area contributed by atoms with Gasteiger partial charge in [0.1, 0.15) is 17.4 Å². The molecule has 1 aromatic carbocycles. The van der Waals surface area contributed by atoms with E-state index in [2.05, 4.69) is 20.2 Å². The molecule has 4 rings (SSSR count). The summed E-state index contributed by atoms with van der Waals surface area (Å²) in [7, 11) is 0. The molecule has 0 saturated carbocycles. The number of hydrogen-bond donors (Lipinski definition) is 1. The molecule has 3 heterocycles. The first-order valence-electron chi connectivity index (χ1n) is 6.67. The van der Waals surface area contributed by atoms with Crippen LogP contribution in [0.5, 0.6) is 0 Å². The Bertz CT molecular complexity index is 942. The zero-order chi connectivity index (χ0) is 15.1. The second-order valence-corrected chi connectivity index (χ2v) is 5.20. The van der Waals surface area contributed by atoms with Crippen LogP contribution in [0.4, 0.5) is 0 Å². The molecular formula is C15H10ClN5O. The molecule has 0 aliphatic carbocycles. The van der Waals surface area contributed by atoms with Gasteiger partial charge in [-0.2, -0.15) is 5.10 Å². The Balaban J connectivity index is 2.03. The second kappa shape index (κ2) is 4.92. The zero-order valence-electron chi connectivity index (χ0n) is 11.3. The van der Waals surface area contributed by atoms with E-state index >= 15 is 0 Å². The molecule has 0 spiro atoms. The Morgan fingerprint density at radius 1 is 1.14 bits per heavy atom. The first-order chi connectivity index (χ1) is 10.7. The molecule has 0 amide bonds. The largest absolute Gasteiger partial charge is 0.348 e. The maximum absolute atomic E-state index is 12.0. The number of pyridine rings is 1. The lowest BCUT2D eigenvalue weighted by atomic mass is 10.1. The van der Waals surface area contributed by atoms with Crippen LogP contribution in [-0.2, 0) is 6.54 Å². The van der Waals surface area contributed by atoms with Crippen molar-refractivity contribution in [1.82, 2.24) is 19.7 Å². The molecule has 0 saturated heterocycles. The van der Waals surface area contributed by atoms with Crippen LogP contribution >= 0.6 is 11.6 Å². The molecule has 0 fully saturated rings. The van der Waals surface area contributed by atoms with Crippen LogP contribution in [0.1, 0.15) is 17.1 Å². The third kappa shape index (κ3) is 1.96. The van der Waals surface area contributed by atoms with Crippen molar-refractivity contribution in [3.8, 4) is 5.69 Å². The highest BCUT2D eigenvalue weighted by molar-refractivity contribution is 6.29. The molecule has 0 radical (unpaired) electrons. The first-order valence-corrected chi connectivity index (χ1v) is 7.05. The Labute approximate surface area is 130 Å². The van der Waals surface area contributed by atoms with E-state index in [4.69, 9.17) is 11.6 Å². The van der Waals surface area contributed by atoms with Crippen molar-refractivity contribution in [2.75, 3.05) is 0 Å². The van der Waals surface area contributed by atoms with Gasteiger partial charge in [0.05, 0.1) is 11.4 Å². The lowest BCUT2D eigenvalue weighted by Crippen LogP contribution is -2.19. The van der Waals surface area contributed by atoms with Crippen molar-refractivity contribution in [2.45, 2.75) is 6.54 Å². The lowest BCUT2D eigenvalue weighted by Gasteiger charge is -2.09. The number of hydrogen-bond acceptors (Lipinski definition) is 4. The molecule has 3 aromatic rings. The minimum Gasteiger partial charge on any atom is -0.274 e. The van der Waals surface area contributed by atoms with Crippen molar-refractivity contribution in [2.24, 2.45) is 4.99 Å². The molecule has 7 heteroatoms. The van der Waals surface area contributed by atoms with Crippen LogP contribution in [-0.4, -0.2) is 25.5 Å². The maximum atomic E-state index is 12.0. The van der Waals surface area contributed by atoms with Crippen LogP contribution in [0.2, 0.25) is 5.15 Å². The molecule has 0 atom stereocenters. The van der Waals surface area contributed by atoms with E-state index in [0.29, 0.717) is 28.1 Å². The quantitative estimate of drug-likeness (QED) is 0.698. The van der Waals surface area contributed by atoms with Gasteiger partial charge in [-0.25, -0.2) is 19.4 Å². The van der Waals surface area contributed by atoms with Gasteiger partial charge in [0.15, 0.2) is 5.82 Å². The smallest absolute Gasteiger partial charge is 0.274 e. The highest BCUT2D eigenvalue weighted by Crippen LogP contribution is 2.23. The van der Waals surface area contributed by atoms with Crippen molar-refractivity contribution in [3.63, 3.8) is 0 Å². The summed E-state index contributed by atoms with van der Waals surface area (Å²) in [5.74, 6) is 0.543. The summed E-state index contributed by atoms with van der Waals surface area (Å²) in [5, 5.41) is 6.82. The number of rotatable bonds is 1. The number of nitrogens with one attached hydrogen (secondary N) is 1. The monoisotopic (exact) mass is 311 g/mol. The predicted molar refractivity (Wildman–Crippen MR) is 82.8 cm³/mol. The Hall–Kier alpha value is -2.73. The number of H-pyrrole nitrogens is 1. The van der Waals surface area contributed by atoms with Gasteiger partial charge in [0.2, 0.25) is 0 Å². The number of aromatic amines is 1. The highest BCUT2D eigenvalue weighted by atomic mass is 35.5. The molecule has 1 aliphatic heterocycles. The predicted octanol–water partition coefficient (Wildman–Crippen LogP) is 1.96. The number of aliphatic imine (C=N–C) groups is 1. The van der Waals surface area contributed by atoms with E-state index in [1.165, 1.54) is 4.57 Å². The average molecular weight is 312 g/mol. The van der Waals surface area contributed by atoms with Gasteiger partial charge in [0.25, 0.3) is 0 Å². The topological polar surface area (TPSA) is 75.9 Å². The van der Waals surface area contributed by atoms with E-state index in [1.807, 2.05) is 30.3 Å². The van der Waals surface area contributed by atoms with E-state index < -0.39 is 0 Å². The first kappa shape index (κ1) is 13.0. The van der Waals surface area contributed by atoms with Gasteiger partial charge >= 0.3 is 5.69 Å². The van der Waals surface area contributed by atoms with Gasteiger partial charge in [-0.1, -0.05) is 41.9 Å². The maximum Gasteiger partial charge on any atom is 0.348 e. The minimum absolute atomic E-state index is 0.289. The number of fused-ring (bicyclic) bond motifs is 3. The summed E-state index contributed by atoms with van der Waals surface area (Å²) in [6.45, 7) is 0.289. The summed E-state index contributed by atoms with van der Waals surface area (Å²) < 4.78 is 1.48. The van der Waals surface area contributed by atoms with Crippen LogP contribution in [0.3, 0.4) is 0 Å². The molecule has 1 N–H and O–H groups in total. The van der Waals surface area contributed by atoms with Gasteiger partial charge in [-0.3, -0.25) is 4.99 Å². The fraction of sp³-hybridized carbons (Fsp3) is 0.0667. The molecule has 0 bridgehead atoms. The average Bonchev–Trinajstić information content (AvgIpc) is 2.82. The van der Waals surface area contributed by atoms with Gasteiger partial charge in [-0.05, 0) is 12.1 Å². The molecular weight excluding hydrogens is 302 g/mol. The molecule has 2 aromatic heterocycles. The normalized spacial score (nSPS) is 13.0. The molecule has 22 heavy (non-hydrogen) atoms. The van der Waals surface area contributed by atoms with E-state index in [-0.39, 0.29) is 12.2 Å². The third-order valence-corrected chi connectivity index (χ3v) is 3.68. The van der Waals surface area contributed by atoms with Crippen molar-refractivity contribution in [3.05, 3.63) is 75.2 Å². The standard InChI is InChI=1S/C15H10ClN5O/c16-11-7-6-10-14(18-11)13(9-4-2-1-3-5-9)17-8-12-19-20-15(22)21(10)12/h1-7H,8H2,(H,20,22). The Kier molecular flexibility index (Phi) is 2.90. The second-order valence-electron chi connectivity index (χ2n) is 4.81. The molecule has 6 nitrogen and oxygen atoms in total. The summed E-state index contributed by atoms with van der Waals surface area (Å²) in [5.41, 5.74) is 2.49. The van der Waals surface area contributed by atoms with Gasteiger partial charge < -0.3 is 0 Å².